The number of carbonyl (C=O) groups excluding carboxylic acids is 2. The Morgan fingerprint density at radius 2 is 1.97 bits per heavy atom. The van der Waals surface area contributed by atoms with Gasteiger partial charge in [-0.2, -0.15) is 0 Å². The van der Waals surface area contributed by atoms with Crippen LogP contribution in [0, 0.1) is 12.3 Å². The molecule has 156 valence electrons. The number of fused-ring (bicyclic) bond motifs is 2. The number of dihydropyridines is 1. The quantitative estimate of drug-likeness (QED) is 0.503. The summed E-state index contributed by atoms with van der Waals surface area (Å²) in [5.41, 5.74) is 4.59. The van der Waals surface area contributed by atoms with Crippen LogP contribution in [0.2, 0.25) is 0 Å². The van der Waals surface area contributed by atoms with E-state index in [9.17, 15) is 9.59 Å². The summed E-state index contributed by atoms with van der Waals surface area (Å²) >= 11 is 3.52. The highest BCUT2D eigenvalue weighted by atomic mass is 79.9. The average Bonchev–Trinajstić information content (AvgIpc) is 3.04. The number of ketones is 1. The number of terminal acetylenes is 1. The van der Waals surface area contributed by atoms with E-state index in [0.29, 0.717) is 32.6 Å². The summed E-state index contributed by atoms with van der Waals surface area (Å²) < 4.78 is 11.6. The number of Topliss-reactive ketones (excluding diaryl/α,β-unsaturated/α-hetero) is 1. The Kier molecular flexibility index (Phi) is 5.71. The van der Waals surface area contributed by atoms with Crippen molar-refractivity contribution in [3.05, 3.63) is 80.5 Å². The third kappa shape index (κ3) is 3.55. The van der Waals surface area contributed by atoms with Crippen LogP contribution in [0.3, 0.4) is 0 Å². The number of rotatable bonds is 5. The normalized spacial score (nSPS) is 17.0. The first-order chi connectivity index (χ1) is 15.0. The van der Waals surface area contributed by atoms with Crippen molar-refractivity contribution in [3.63, 3.8) is 0 Å². The van der Waals surface area contributed by atoms with Crippen LogP contribution in [-0.4, -0.2) is 25.0 Å². The first kappa shape index (κ1) is 21.0. The lowest BCUT2D eigenvalue weighted by atomic mass is 9.80. The van der Waals surface area contributed by atoms with Gasteiger partial charge in [0.15, 0.2) is 5.78 Å². The van der Waals surface area contributed by atoms with Gasteiger partial charge in [-0.3, -0.25) is 4.79 Å². The third-order valence-corrected chi connectivity index (χ3v) is 5.96. The summed E-state index contributed by atoms with van der Waals surface area (Å²) in [4.78, 5) is 26.4. The third-order valence-electron chi connectivity index (χ3n) is 5.34. The summed E-state index contributed by atoms with van der Waals surface area (Å²) in [6.07, 6.45) is 5.29. The Bertz CT molecular complexity index is 1200. The monoisotopic (exact) mass is 477 g/mol. The lowest BCUT2D eigenvalue weighted by molar-refractivity contribution is -0.138. The summed E-state index contributed by atoms with van der Waals surface area (Å²) in [5, 5.41) is 3.29. The van der Waals surface area contributed by atoms with Gasteiger partial charge >= 0.3 is 5.97 Å². The summed E-state index contributed by atoms with van der Waals surface area (Å²) in [6.45, 7) is 3.97. The second kappa shape index (κ2) is 8.44. The maximum absolute atomic E-state index is 13.4. The lowest BCUT2D eigenvalue weighted by Crippen LogP contribution is -2.29. The van der Waals surface area contributed by atoms with E-state index in [-0.39, 0.29) is 19.0 Å². The molecule has 0 saturated carbocycles. The van der Waals surface area contributed by atoms with Gasteiger partial charge in [0, 0.05) is 28.3 Å². The van der Waals surface area contributed by atoms with Crippen LogP contribution in [0.1, 0.15) is 41.3 Å². The van der Waals surface area contributed by atoms with Gasteiger partial charge < -0.3 is 14.8 Å². The molecular formula is C25H20BrNO4. The molecule has 1 aliphatic heterocycles. The van der Waals surface area contributed by atoms with Crippen LogP contribution in [0.15, 0.2) is 63.8 Å². The highest BCUT2D eigenvalue weighted by Crippen LogP contribution is 2.47. The number of ether oxygens (including phenoxy) is 2. The maximum Gasteiger partial charge on any atom is 0.336 e. The number of benzene rings is 2. The molecular weight excluding hydrogens is 458 g/mol. The molecule has 0 bridgehead atoms. The van der Waals surface area contributed by atoms with E-state index in [1.165, 1.54) is 0 Å². The van der Waals surface area contributed by atoms with Crippen molar-refractivity contribution in [1.82, 2.24) is 5.32 Å². The zero-order valence-corrected chi connectivity index (χ0v) is 18.7. The molecule has 1 N–H and O–H groups in total. The standard InChI is InChI=1S/C25H20BrNO4/c1-4-12-31-19-11-10-15(13-18(19)26)21-20(25(29)30-5-2)14(3)27-23-16-8-6-7-9-17(16)24(28)22(21)23/h1,6-11,13,21,27H,5,12H2,2-3H3/t21-/m0/s1. The fourth-order valence-corrected chi connectivity index (χ4v) is 4.59. The van der Waals surface area contributed by atoms with E-state index in [0.717, 1.165) is 16.8 Å². The molecule has 2 aromatic carbocycles. The number of esters is 1. The molecule has 2 aromatic rings. The van der Waals surface area contributed by atoms with Gasteiger partial charge in [0.1, 0.15) is 12.4 Å². The highest BCUT2D eigenvalue weighted by molar-refractivity contribution is 9.10. The van der Waals surface area contributed by atoms with Crippen LogP contribution in [0.5, 0.6) is 5.75 Å². The summed E-state index contributed by atoms with van der Waals surface area (Å²) in [5.74, 6) is 1.91. The van der Waals surface area contributed by atoms with Crippen molar-refractivity contribution in [2.24, 2.45) is 0 Å². The predicted molar refractivity (Wildman–Crippen MR) is 121 cm³/mol. The number of halogens is 1. The molecule has 6 heteroatoms. The van der Waals surface area contributed by atoms with Crippen molar-refractivity contribution in [3.8, 4) is 18.1 Å². The second-order valence-electron chi connectivity index (χ2n) is 7.16. The van der Waals surface area contributed by atoms with Crippen molar-refractivity contribution in [1.29, 1.82) is 0 Å². The first-order valence-corrected chi connectivity index (χ1v) is 10.7. The van der Waals surface area contributed by atoms with E-state index in [2.05, 4.69) is 27.2 Å². The van der Waals surface area contributed by atoms with Crippen LogP contribution in [0.25, 0.3) is 5.70 Å². The minimum Gasteiger partial charge on any atom is -0.480 e. The Morgan fingerprint density at radius 3 is 2.65 bits per heavy atom. The average molecular weight is 478 g/mol. The number of allylic oxidation sites excluding steroid dienone is 2. The zero-order valence-electron chi connectivity index (χ0n) is 17.1. The van der Waals surface area contributed by atoms with Gasteiger partial charge in [0.2, 0.25) is 0 Å². The Labute approximate surface area is 189 Å². The van der Waals surface area contributed by atoms with Crippen LogP contribution in [0.4, 0.5) is 0 Å². The highest BCUT2D eigenvalue weighted by Gasteiger charge is 2.42. The fourth-order valence-electron chi connectivity index (χ4n) is 4.07. The molecule has 5 nitrogen and oxygen atoms in total. The molecule has 0 saturated heterocycles. The van der Waals surface area contributed by atoms with Crippen molar-refractivity contribution in [2.75, 3.05) is 13.2 Å². The molecule has 2 aliphatic rings. The zero-order chi connectivity index (χ0) is 22.1. The van der Waals surface area contributed by atoms with Crippen molar-refractivity contribution < 1.29 is 19.1 Å². The molecule has 0 radical (unpaired) electrons. The molecule has 4 rings (SSSR count). The minimum atomic E-state index is -0.576. The lowest BCUT2D eigenvalue weighted by Gasteiger charge is -2.29. The number of hydrogen-bond donors (Lipinski definition) is 1. The summed E-state index contributed by atoms with van der Waals surface area (Å²) in [6, 6.07) is 12.9. The van der Waals surface area contributed by atoms with Crippen molar-refractivity contribution in [2.45, 2.75) is 19.8 Å². The number of carbonyl (C=O) groups is 2. The topological polar surface area (TPSA) is 64.6 Å². The molecule has 0 aromatic heterocycles. The SMILES string of the molecule is C#CCOc1ccc([C@H]2C(C(=O)OCC)=C(C)NC3=C2C(=O)c2ccccc23)cc1Br. The van der Waals surface area contributed by atoms with Gasteiger partial charge in [-0.15, -0.1) is 6.42 Å². The van der Waals surface area contributed by atoms with Crippen LogP contribution in [-0.2, 0) is 9.53 Å². The molecule has 0 unspecified atom stereocenters. The van der Waals surface area contributed by atoms with Crippen molar-refractivity contribution >= 4 is 33.4 Å². The minimum absolute atomic E-state index is 0.0961. The molecule has 31 heavy (non-hydrogen) atoms. The Hall–Kier alpha value is -3.30. The van der Waals surface area contributed by atoms with E-state index in [1.807, 2.05) is 37.3 Å². The van der Waals surface area contributed by atoms with E-state index >= 15 is 0 Å². The number of nitrogens with one attached hydrogen (secondary N) is 1. The van der Waals surface area contributed by atoms with Crippen LogP contribution < -0.4 is 10.1 Å². The van der Waals surface area contributed by atoms with Gasteiger partial charge in [-0.25, -0.2) is 4.79 Å². The molecule has 0 spiro atoms. The van der Waals surface area contributed by atoms with Gasteiger partial charge in [-0.1, -0.05) is 36.3 Å². The maximum atomic E-state index is 13.4. The molecule has 1 aliphatic carbocycles. The smallest absolute Gasteiger partial charge is 0.336 e. The molecule has 0 amide bonds. The van der Waals surface area contributed by atoms with Gasteiger partial charge in [-0.05, 0) is 47.5 Å². The Balaban J connectivity index is 1.87. The van der Waals surface area contributed by atoms with Crippen LogP contribution >= 0.6 is 15.9 Å². The molecule has 1 atom stereocenters. The van der Waals surface area contributed by atoms with Gasteiger partial charge in [0.25, 0.3) is 0 Å². The molecule has 1 heterocycles. The molecule has 0 fully saturated rings. The van der Waals surface area contributed by atoms with Gasteiger partial charge in [0.05, 0.1) is 22.3 Å². The second-order valence-corrected chi connectivity index (χ2v) is 8.02. The van der Waals surface area contributed by atoms with E-state index in [1.54, 1.807) is 19.1 Å². The van der Waals surface area contributed by atoms with E-state index < -0.39 is 11.9 Å². The largest absolute Gasteiger partial charge is 0.480 e. The predicted octanol–water partition coefficient (Wildman–Crippen LogP) is 4.59. The number of hydrogen-bond acceptors (Lipinski definition) is 5. The first-order valence-electron chi connectivity index (χ1n) is 9.86. The fraction of sp³-hybridized carbons (Fsp3) is 0.200. The Morgan fingerprint density at radius 1 is 1.23 bits per heavy atom. The van der Waals surface area contributed by atoms with E-state index in [4.69, 9.17) is 15.9 Å². The summed E-state index contributed by atoms with van der Waals surface area (Å²) in [7, 11) is 0.